The normalized spacial score (nSPS) is 9.26. The molecule has 2 N–H and O–H groups in total. The molecular formula is C15H25NO3. The van der Waals surface area contributed by atoms with Crippen molar-refractivity contribution in [3.8, 4) is 5.75 Å². The summed E-state index contributed by atoms with van der Waals surface area (Å²) in [6.45, 7) is 8.67. The second kappa shape index (κ2) is 10.2. The van der Waals surface area contributed by atoms with Crippen molar-refractivity contribution in [3.05, 3.63) is 23.8 Å². The molecule has 0 aromatic heterocycles. The molecule has 4 nitrogen and oxygen atoms in total. The van der Waals surface area contributed by atoms with Crippen molar-refractivity contribution >= 4 is 11.7 Å². The molecule has 1 aromatic carbocycles. The maximum Gasteiger partial charge on any atom is 0.305 e. The SMILES string of the molecule is CC.CCOC(=O)CCCOc1cc(N)ccc1C. The van der Waals surface area contributed by atoms with Crippen LogP contribution in [0, 0.1) is 6.92 Å². The van der Waals surface area contributed by atoms with Gasteiger partial charge in [-0.15, -0.1) is 0 Å². The summed E-state index contributed by atoms with van der Waals surface area (Å²) < 4.78 is 10.4. The molecule has 0 bridgehead atoms. The lowest BCUT2D eigenvalue weighted by atomic mass is 10.2. The summed E-state index contributed by atoms with van der Waals surface area (Å²) in [7, 11) is 0. The summed E-state index contributed by atoms with van der Waals surface area (Å²) in [6.07, 6.45) is 1.03. The lowest BCUT2D eigenvalue weighted by Gasteiger charge is -2.09. The Balaban J connectivity index is 0.00000154. The van der Waals surface area contributed by atoms with Gasteiger partial charge >= 0.3 is 5.97 Å². The summed E-state index contributed by atoms with van der Waals surface area (Å²) in [5.41, 5.74) is 7.38. The number of hydrogen-bond acceptors (Lipinski definition) is 4. The van der Waals surface area contributed by atoms with Crippen molar-refractivity contribution < 1.29 is 14.3 Å². The number of anilines is 1. The third-order valence-corrected chi connectivity index (χ3v) is 2.30. The Morgan fingerprint density at radius 1 is 1.32 bits per heavy atom. The van der Waals surface area contributed by atoms with Crippen LogP contribution < -0.4 is 10.5 Å². The lowest BCUT2D eigenvalue weighted by Crippen LogP contribution is -2.07. The Morgan fingerprint density at radius 3 is 2.63 bits per heavy atom. The summed E-state index contributed by atoms with van der Waals surface area (Å²) in [5.74, 6) is 0.592. The van der Waals surface area contributed by atoms with E-state index in [4.69, 9.17) is 15.2 Å². The number of nitrogen functional groups attached to an aromatic ring is 1. The van der Waals surface area contributed by atoms with Gasteiger partial charge < -0.3 is 15.2 Å². The van der Waals surface area contributed by atoms with Gasteiger partial charge in [0, 0.05) is 18.2 Å². The summed E-state index contributed by atoms with van der Waals surface area (Å²) >= 11 is 0. The topological polar surface area (TPSA) is 61.5 Å². The van der Waals surface area contributed by atoms with E-state index < -0.39 is 0 Å². The zero-order valence-corrected chi connectivity index (χ0v) is 12.4. The molecule has 0 aliphatic carbocycles. The standard InChI is InChI=1S/C13H19NO3.C2H6/c1-3-16-13(15)5-4-8-17-12-9-11(14)7-6-10(12)2;1-2/h6-7,9H,3-5,8,14H2,1-2H3;1-2H3. The second-order valence-corrected chi connectivity index (χ2v) is 3.78. The van der Waals surface area contributed by atoms with Gasteiger partial charge in [-0.2, -0.15) is 0 Å². The Morgan fingerprint density at radius 2 is 2.00 bits per heavy atom. The third kappa shape index (κ3) is 7.34. The lowest BCUT2D eigenvalue weighted by molar-refractivity contribution is -0.143. The van der Waals surface area contributed by atoms with Crippen molar-refractivity contribution in [2.24, 2.45) is 0 Å². The zero-order chi connectivity index (χ0) is 14.7. The first kappa shape index (κ1) is 17.3. The van der Waals surface area contributed by atoms with Gasteiger partial charge in [-0.25, -0.2) is 0 Å². The minimum atomic E-state index is -0.180. The number of aryl methyl sites for hydroxylation is 1. The molecule has 0 fully saturated rings. The number of carbonyl (C=O) groups excluding carboxylic acids is 1. The smallest absolute Gasteiger partial charge is 0.305 e. The van der Waals surface area contributed by atoms with Crippen LogP contribution in [-0.2, 0) is 9.53 Å². The van der Waals surface area contributed by atoms with Crippen LogP contribution in [-0.4, -0.2) is 19.2 Å². The molecule has 0 aliphatic rings. The van der Waals surface area contributed by atoms with E-state index in [-0.39, 0.29) is 5.97 Å². The number of hydrogen-bond donors (Lipinski definition) is 1. The molecule has 19 heavy (non-hydrogen) atoms. The monoisotopic (exact) mass is 267 g/mol. The van der Waals surface area contributed by atoms with Gasteiger partial charge in [0.15, 0.2) is 0 Å². The highest BCUT2D eigenvalue weighted by Crippen LogP contribution is 2.20. The summed E-state index contributed by atoms with van der Waals surface area (Å²) in [4.78, 5) is 11.1. The van der Waals surface area contributed by atoms with Gasteiger partial charge in [-0.3, -0.25) is 4.79 Å². The minimum Gasteiger partial charge on any atom is -0.493 e. The van der Waals surface area contributed by atoms with Crippen molar-refractivity contribution in [2.75, 3.05) is 18.9 Å². The largest absolute Gasteiger partial charge is 0.493 e. The van der Waals surface area contributed by atoms with E-state index in [1.807, 2.05) is 32.9 Å². The average Bonchev–Trinajstić information content (AvgIpc) is 2.41. The fourth-order valence-electron chi connectivity index (χ4n) is 1.40. The molecule has 1 aromatic rings. The zero-order valence-electron chi connectivity index (χ0n) is 12.4. The Hall–Kier alpha value is -1.71. The predicted octanol–water partition coefficient (Wildman–Crippen LogP) is 3.33. The van der Waals surface area contributed by atoms with E-state index in [2.05, 4.69) is 0 Å². The Kier molecular flexibility index (Phi) is 9.31. The van der Waals surface area contributed by atoms with Crippen LogP contribution in [0.3, 0.4) is 0 Å². The molecule has 0 atom stereocenters. The summed E-state index contributed by atoms with van der Waals surface area (Å²) in [5, 5.41) is 0. The molecule has 0 heterocycles. The van der Waals surface area contributed by atoms with E-state index in [9.17, 15) is 4.79 Å². The molecular weight excluding hydrogens is 242 g/mol. The van der Waals surface area contributed by atoms with Crippen LogP contribution in [0.1, 0.15) is 39.2 Å². The molecule has 0 aliphatic heterocycles. The van der Waals surface area contributed by atoms with Gasteiger partial charge in [-0.05, 0) is 31.9 Å². The Bertz CT molecular complexity index is 378. The van der Waals surface area contributed by atoms with Crippen LogP contribution in [0.5, 0.6) is 5.75 Å². The van der Waals surface area contributed by atoms with Gasteiger partial charge in [0.2, 0.25) is 0 Å². The third-order valence-electron chi connectivity index (χ3n) is 2.30. The van der Waals surface area contributed by atoms with E-state index >= 15 is 0 Å². The Labute approximate surface area is 115 Å². The number of esters is 1. The van der Waals surface area contributed by atoms with Crippen LogP contribution in [0.15, 0.2) is 18.2 Å². The molecule has 0 spiro atoms. The first-order valence-corrected chi connectivity index (χ1v) is 6.78. The molecule has 4 heteroatoms. The molecule has 0 radical (unpaired) electrons. The first-order chi connectivity index (χ1) is 9.13. The number of nitrogens with two attached hydrogens (primary N) is 1. The molecule has 1 rings (SSSR count). The van der Waals surface area contributed by atoms with Crippen LogP contribution in [0.25, 0.3) is 0 Å². The van der Waals surface area contributed by atoms with Crippen molar-refractivity contribution in [3.63, 3.8) is 0 Å². The number of carbonyl (C=O) groups is 1. The van der Waals surface area contributed by atoms with E-state index in [0.717, 1.165) is 11.3 Å². The highest BCUT2D eigenvalue weighted by molar-refractivity contribution is 5.69. The fourth-order valence-corrected chi connectivity index (χ4v) is 1.40. The van der Waals surface area contributed by atoms with Gasteiger partial charge in [0.25, 0.3) is 0 Å². The van der Waals surface area contributed by atoms with Gasteiger partial charge in [-0.1, -0.05) is 19.9 Å². The molecule has 0 unspecified atom stereocenters. The van der Waals surface area contributed by atoms with Crippen LogP contribution in [0.2, 0.25) is 0 Å². The highest BCUT2D eigenvalue weighted by atomic mass is 16.5. The minimum absolute atomic E-state index is 0.180. The molecule has 0 saturated carbocycles. The first-order valence-electron chi connectivity index (χ1n) is 6.78. The molecule has 0 amide bonds. The van der Waals surface area contributed by atoms with E-state index in [0.29, 0.717) is 31.7 Å². The maximum atomic E-state index is 11.1. The van der Waals surface area contributed by atoms with Crippen molar-refractivity contribution in [1.29, 1.82) is 0 Å². The second-order valence-electron chi connectivity index (χ2n) is 3.78. The molecule has 108 valence electrons. The summed E-state index contributed by atoms with van der Waals surface area (Å²) in [6, 6.07) is 5.54. The van der Waals surface area contributed by atoms with E-state index in [1.165, 1.54) is 0 Å². The van der Waals surface area contributed by atoms with Gasteiger partial charge in [0.1, 0.15) is 5.75 Å². The van der Waals surface area contributed by atoms with Crippen LogP contribution >= 0.6 is 0 Å². The number of ether oxygens (including phenoxy) is 2. The molecule has 0 saturated heterocycles. The van der Waals surface area contributed by atoms with E-state index in [1.54, 1.807) is 13.0 Å². The number of benzene rings is 1. The van der Waals surface area contributed by atoms with Crippen molar-refractivity contribution in [2.45, 2.75) is 40.5 Å². The number of rotatable bonds is 6. The fraction of sp³-hybridized carbons (Fsp3) is 0.533. The van der Waals surface area contributed by atoms with Gasteiger partial charge in [0.05, 0.1) is 13.2 Å². The quantitative estimate of drug-likeness (QED) is 0.488. The average molecular weight is 267 g/mol. The predicted molar refractivity (Wildman–Crippen MR) is 78.3 cm³/mol. The van der Waals surface area contributed by atoms with Crippen LogP contribution in [0.4, 0.5) is 5.69 Å². The van der Waals surface area contributed by atoms with Crippen molar-refractivity contribution in [1.82, 2.24) is 0 Å². The highest BCUT2D eigenvalue weighted by Gasteiger charge is 2.03. The maximum absolute atomic E-state index is 11.1.